The lowest BCUT2D eigenvalue weighted by Crippen LogP contribution is -1.95. The predicted octanol–water partition coefficient (Wildman–Crippen LogP) is 4.63. The molecular formula is C14H16ClN. The molecule has 16 heavy (non-hydrogen) atoms. The highest BCUT2D eigenvalue weighted by Gasteiger charge is 2.09. The van der Waals surface area contributed by atoms with Gasteiger partial charge in [-0.2, -0.15) is 0 Å². The maximum absolute atomic E-state index is 6.31. The number of nitrogens with zero attached hydrogens (tertiary/aromatic N) is 1. The maximum Gasteiger partial charge on any atom is 0.0749 e. The highest BCUT2D eigenvalue weighted by molar-refractivity contribution is 6.35. The van der Waals surface area contributed by atoms with E-state index in [0.717, 1.165) is 21.6 Å². The molecule has 0 aliphatic carbocycles. The number of benzene rings is 1. The number of aromatic nitrogens is 1. The summed E-state index contributed by atoms with van der Waals surface area (Å²) in [4.78, 5) is 4.69. The van der Waals surface area contributed by atoms with Gasteiger partial charge in [-0.1, -0.05) is 37.1 Å². The van der Waals surface area contributed by atoms with Crippen molar-refractivity contribution in [3.8, 4) is 0 Å². The van der Waals surface area contributed by atoms with Crippen LogP contribution in [0.15, 0.2) is 18.2 Å². The van der Waals surface area contributed by atoms with Crippen molar-refractivity contribution in [3.05, 3.63) is 40.0 Å². The van der Waals surface area contributed by atoms with Crippen LogP contribution in [0.2, 0.25) is 5.02 Å². The molecule has 2 heteroatoms. The fraction of sp³-hybridized carbons (Fsp3) is 0.357. The van der Waals surface area contributed by atoms with Gasteiger partial charge >= 0.3 is 0 Å². The monoisotopic (exact) mass is 233 g/mol. The lowest BCUT2D eigenvalue weighted by atomic mass is 10.0. The minimum atomic E-state index is 0.405. The molecule has 0 N–H and O–H groups in total. The van der Waals surface area contributed by atoms with E-state index >= 15 is 0 Å². The molecule has 0 aliphatic heterocycles. The van der Waals surface area contributed by atoms with Gasteiger partial charge in [0.05, 0.1) is 10.5 Å². The first kappa shape index (κ1) is 11.4. The molecule has 0 fully saturated rings. The fourth-order valence-electron chi connectivity index (χ4n) is 1.96. The second-order valence-corrected chi connectivity index (χ2v) is 5.07. The Hall–Kier alpha value is -1.08. The zero-order valence-corrected chi connectivity index (χ0v) is 10.9. The van der Waals surface area contributed by atoms with Crippen LogP contribution in [-0.2, 0) is 0 Å². The molecule has 1 nitrogen and oxygen atoms in total. The maximum atomic E-state index is 6.31. The third kappa shape index (κ3) is 1.92. The van der Waals surface area contributed by atoms with Crippen LogP contribution in [-0.4, -0.2) is 4.98 Å². The Labute approximate surface area is 101 Å². The largest absolute Gasteiger partial charge is 0.252 e. The Morgan fingerprint density at radius 2 is 1.81 bits per heavy atom. The van der Waals surface area contributed by atoms with Gasteiger partial charge in [0.15, 0.2) is 0 Å². The molecule has 0 radical (unpaired) electrons. The van der Waals surface area contributed by atoms with Crippen LogP contribution >= 0.6 is 11.6 Å². The van der Waals surface area contributed by atoms with Gasteiger partial charge in [-0.15, -0.1) is 0 Å². The summed E-state index contributed by atoms with van der Waals surface area (Å²) < 4.78 is 0. The van der Waals surface area contributed by atoms with Crippen LogP contribution in [0.3, 0.4) is 0 Å². The molecule has 1 aromatic heterocycles. The van der Waals surface area contributed by atoms with Crippen molar-refractivity contribution in [1.29, 1.82) is 0 Å². The quantitative estimate of drug-likeness (QED) is 0.700. The topological polar surface area (TPSA) is 12.9 Å². The Morgan fingerprint density at radius 3 is 2.44 bits per heavy atom. The smallest absolute Gasteiger partial charge is 0.0749 e. The van der Waals surface area contributed by atoms with Gasteiger partial charge in [0, 0.05) is 11.1 Å². The highest BCUT2D eigenvalue weighted by Crippen LogP contribution is 2.28. The van der Waals surface area contributed by atoms with Gasteiger partial charge in [-0.3, -0.25) is 4.98 Å². The SMILES string of the molecule is Cc1cc(C)c2nc(C(C)C)cc(Cl)c2c1. The predicted molar refractivity (Wildman–Crippen MR) is 70.3 cm³/mol. The van der Waals surface area contributed by atoms with Crippen LogP contribution in [0.5, 0.6) is 0 Å². The van der Waals surface area contributed by atoms with Crippen molar-refractivity contribution < 1.29 is 0 Å². The molecule has 2 aromatic rings. The molecule has 0 amide bonds. The van der Waals surface area contributed by atoms with Crippen LogP contribution < -0.4 is 0 Å². The van der Waals surface area contributed by atoms with Crippen molar-refractivity contribution in [2.45, 2.75) is 33.6 Å². The normalized spacial score (nSPS) is 11.4. The molecular weight excluding hydrogens is 218 g/mol. The number of halogens is 1. The van der Waals surface area contributed by atoms with Crippen LogP contribution in [0, 0.1) is 13.8 Å². The Bertz CT molecular complexity index is 544. The summed E-state index contributed by atoms with van der Waals surface area (Å²) in [5.74, 6) is 0.405. The van der Waals surface area contributed by atoms with E-state index in [1.54, 1.807) is 0 Å². The zero-order chi connectivity index (χ0) is 11.9. The van der Waals surface area contributed by atoms with E-state index in [1.165, 1.54) is 11.1 Å². The second kappa shape index (κ2) is 4.06. The van der Waals surface area contributed by atoms with Crippen molar-refractivity contribution in [3.63, 3.8) is 0 Å². The summed E-state index contributed by atoms with van der Waals surface area (Å²) >= 11 is 6.31. The lowest BCUT2D eigenvalue weighted by molar-refractivity contribution is 0.829. The second-order valence-electron chi connectivity index (χ2n) is 4.66. The average Bonchev–Trinajstić information content (AvgIpc) is 2.19. The van der Waals surface area contributed by atoms with Gasteiger partial charge in [-0.05, 0) is 37.5 Å². The van der Waals surface area contributed by atoms with E-state index in [-0.39, 0.29) is 0 Å². The Morgan fingerprint density at radius 1 is 1.12 bits per heavy atom. The number of rotatable bonds is 1. The number of aryl methyl sites for hydroxylation is 2. The number of hydrogen-bond donors (Lipinski definition) is 0. The third-order valence-corrected chi connectivity index (χ3v) is 3.12. The first-order valence-corrected chi connectivity index (χ1v) is 5.94. The van der Waals surface area contributed by atoms with Crippen molar-refractivity contribution >= 4 is 22.5 Å². The van der Waals surface area contributed by atoms with Gasteiger partial charge in [0.1, 0.15) is 0 Å². The molecule has 0 saturated heterocycles. The van der Waals surface area contributed by atoms with E-state index in [9.17, 15) is 0 Å². The molecule has 0 unspecified atom stereocenters. The molecule has 84 valence electrons. The standard InChI is InChI=1S/C14H16ClN/c1-8(2)13-7-12(15)11-6-9(3)5-10(4)14(11)16-13/h5-8H,1-4H3. The Kier molecular flexibility index (Phi) is 2.90. The minimum Gasteiger partial charge on any atom is -0.252 e. The van der Waals surface area contributed by atoms with Crippen molar-refractivity contribution in [2.75, 3.05) is 0 Å². The lowest BCUT2D eigenvalue weighted by Gasteiger charge is -2.10. The average molecular weight is 234 g/mol. The van der Waals surface area contributed by atoms with E-state index in [1.807, 2.05) is 6.07 Å². The van der Waals surface area contributed by atoms with Gasteiger partial charge in [0.2, 0.25) is 0 Å². The Balaban J connectivity index is 2.82. The summed E-state index contributed by atoms with van der Waals surface area (Å²) in [6, 6.07) is 6.23. The first-order valence-electron chi connectivity index (χ1n) is 5.56. The van der Waals surface area contributed by atoms with Crippen LogP contribution in [0.25, 0.3) is 10.9 Å². The summed E-state index contributed by atoms with van der Waals surface area (Å²) in [7, 11) is 0. The molecule has 0 bridgehead atoms. The molecule has 0 spiro atoms. The summed E-state index contributed by atoms with van der Waals surface area (Å²) in [6.45, 7) is 8.43. The molecule has 0 aliphatic rings. The van der Waals surface area contributed by atoms with E-state index in [4.69, 9.17) is 16.6 Å². The number of hydrogen-bond acceptors (Lipinski definition) is 1. The van der Waals surface area contributed by atoms with E-state index in [0.29, 0.717) is 5.92 Å². The fourth-order valence-corrected chi connectivity index (χ4v) is 2.21. The van der Waals surface area contributed by atoms with Crippen LogP contribution in [0.4, 0.5) is 0 Å². The molecule has 2 rings (SSSR count). The highest BCUT2D eigenvalue weighted by atomic mass is 35.5. The zero-order valence-electron chi connectivity index (χ0n) is 10.1. The summed E-state index contributed by atoms with van der Waals surface area (Å²) in [6.07, 6.45) is 0. The number of fused-ring (bicyclic) bond motifs is 1. The summed E-state index contributed by atoms with van der Waals surface area (Å²) in [5.41, 5.74) is 4.51. The first-order chi connectivity index (χ1) is 7.49. The summed E-state index contributed by atoms with van der Waals surface area (Å²) in [5, 5.41) is 1.86. The molecule has 1 aromatic carbocycles. The van der Waals surface area contributed by atoms with Gasteiger partial charge < -0.3 is 0 Å². The number of pyridine rings is 1. The third-order valence-electron chi connectivity index (χ3n) is 2.81. The molecule has 0 atom stereocenters. The molecule has 1 heterocycles. The van der Waals surface area contributed by atoms with Crippen LogP contribution in [0.1, 0.15) is 36.6 Å². The van der Waals surface area contributed by atoms with E-state index in [2.05, 4.69) is 39.8 Å². The molecule has 0 saturated carbocycles. The van der Waals surface area contributed by atoms with Crippen molar-refractivity contribution in [2.24, 2.45) is 0 Å². The van der Waals surface area contributed by atoms with E-state index < -0.39 is 0 Å². The van der Waals surface area contributed by atoms with Gasteiger partial charge in [0.25, 0.3) is 0 Å². The minimum absolute atomic E-state index is 0.405. The van der Waals surface area contributed by atoms with Crippen molar-refractivity contribution in [1.82, 2.24) is 4.98 Å². The van der Waals surface area contributed by atoms with Gasteiger partial charge in [-0.25, -0.2) is 0 Å².